The number of hydrogen-bond donors (Lipinski definition) is 2. The van der Waals surface area contributed by atoms with Crippen molar-refractivity contribution in [3.05, 3.63) is 0 Å². The van der Waals surface area contributed by atoms with Crippen LogP contribution in [0.5, 0.6) is 0 Å². The van der Waals surface area contributed by atoms with Gasteiger partial charge in [-0.2, -0.15) is 0 Å². The average molecular weight is 411 g/mol. The van der Waals surface area contributed by atoms with Gasteiger partial charge in [0.15, 0.2) is 0 Å². The number of halogens is 2. The third-order valence-corrected chi connectivity index (χ3v) is 5.60. The molecule has 8 heteroatoms. The number of piperazine rings is 1. The van der Waals surface area contributed by atoms with Gasteiger partial charge in [0, 0.05) is 32.2 Å². The summed E-state index contributed by atoms with van der Waals surface area (Å²) in [6, 6.07) is 0.144. The van der Waals surface area contributed by atoms with Crippen LogP contribution in [-0.4, -0.2) is 66.4 Å². The van der Waals surface area contributed by atoms with E-state index in [-0.39, 0.29) is 49.1 Å². The van der Waals surface area contributed by atoms with E-state index < -0.39 is 6.04 Å². The van der Waals surface area contributed by atoms with Crippen molar-refractivity contribution in [2.45, 2.75) is 58.5 Å². The normalized spacial score (nSPS) is 25.0. The summed E-state index contributed by atoms with van der Waals surface area (Å²) >= 11 is 0. The maximum atomic E-state index is 12.3. The van der Waals surface area contributed by atoms with Crippen molar-refractivity contribution in [2.75, 3.05) is 32.7 Å². The van der Waals surface area contributed by atoms with Gasteiger partial charge in [-0.25, -0.2) is 0 Å². The van der Waals surface area contributed by atoms with Crippen molar-refractivity contribution >= 4 is 36.6 Å². The van der Waals surface area contributed by atoms with Gasteiger partial charge >= 0.3 is 0 Å². The Hall–Kier alpha value is -0.560. The smallest absolute Gasteiger partial charge is 0.242 e. The quantitative estimate of drug-likeness (QED) is 0.721. The monoisotopic (exact) mass is 410 g/mol. The molecule has 0 spiro atoms. The second-order valence-electron chi connectivity index (χ2n) is 7.82. The molecule has 26 heavy (non-hydrogen) atoms. The third-order valence-electron chi connectivity index (χ3n) is 5.60. The summed E-state index contributed by atoms with van der Waals surface area (Å²) in [6.07, 6.45) is 5.23. The summed E-state index contributed by atoms with van der Waals surface area (Å²) in [5.41, 5.74) is 5.79. The van der Waals surface area contributed by atoms with Crippen LogP contribution in [0, 0.1) is 11.8 Å². The highest BCUT2D eigenvalue weighted by molar-refractivity contribution is 5.87. The van der Waals surface area contributed by atoms with Gasteiger partial charge in [0.2, 0.25) is 11.8 Å². The molecule has 1 saturated carbocycles. The summed E-state index contributed by atoms with van der Waals surface area (Å²) in [7, 11) is 0. The highest BCUT2D eigenvalue weighted by Gasteiger charge is 2.28. The van der Waals surface area contributed by atoms with Gasteiger partial charge < -0.3 is 16.0 Å². The fourth-order valence-corrected chi connectivity index (χ4v) is 3.64. The molecule has 1 atom stereocenters. The van der Waals surface area contributed by atoms with Gasteiger partial charge in [-0.3, -0.25) is 14.5 Å². The lowest BCUT2D eigenvalue weighted by Crippen LogP contribution is -2.55. The molecule has 1 saturated heterocycles. The van der Waals surface area contributed by atoms with Crippen LogP contribution < -0.4 is 11.1 Å². The molecular formula is C18H36Cl2N4O2. The summed E-state index contributed by atoms with van der Waals surface area (Å²) in [6.45, 7) is 9.61. The molecule has 1 heterocycles. The van der Waals surface area contributed by atoms with E-state index in [9.17, 15) is 9.59 Å². The van der Waals surface area contributed by atoms with Crippen LogP contribution >= 0.6 is 24.8 Å². The van der Waals surface area contributed by atoms with Crippen LogP contribution in [0.15, 0.2) is 0 Å². The third kappa shape index (κ3) is 7.22. The zero-order valence-corrected chi connectivity index (χ0v) is 17.9. The Morgan fingerprint density at radius 2 is 1.58 bits per heavy atom. The first-order valence-corrected chi connectivity index (χ1v) is 9.43. The molecule has 3 N–H and O–H groups in total. The molecular weight excluding hydrogens is 375 g/mol. The van der Waals surface area contributed by atoms with Gasteiger partial charge in [0.25, 0.3) is 0 Å². The van der Waals surface area contributed by atoms with Crippen molar-refractivity contribution in [2.24, 2.45) is 17.6 Å². The number of amides is 2. The van der Waals surface area contributed by atoms with Gasteiger partial charge in [0.05, 0.1) is 12.6 Å². The Morgan fingerprint density at radius 3 is 2.08 bits per heavy atom. The minimum atomic E-state index is -0.552. The van der Waals surface area contributed by atoms with E-state index in [1.165, 1.54) is 25.7 Å². The average Bonchev–Trinajstić information content (AvgIpc) is 2.59. The van der Waals surface area contributed by atoms with E-state index in [2.05, 4.69) is 17.1 Å². The maximum Gasteiger partial charge on any atom is 0.242 e. The van der Waals surface area contributed by atoms with Gasteiger partial charge in [-0.15, -0.1) is 24.8 Å². The molecule has 0 radical (unpaired) electrons. The number of nitrogens with zero attached hydrogens (tertiary/aromatic N) is 2. The molecule has 154 valence electrons. The Kier molecular flexibility index (Phi) is 11.7. The summed E-state index contributed by atoms with van der Waals surface area (Å²) in [4.78, 5) is 28.5. The van der Waals surface area contributed by atoms with Crippen molar-refractivity contribution in [1.82, 2.24) is 15.1 Å². The lowest BCUT2D eigenvalue weighted by atomic mass is 9.86. The summed E-state index contributed by atoms with van der Waals surface area (Å²) in [5, 5.41) is 2.67. The molecule has 2 aliphatic rings. The Balaban J connectivity index is 0.00000312. The molecule has 1 aliphatic heterocycles. The zero-order valence-electron chi connectivity index (χ0n) is 16.3. The molecule has 2 amide bonds. The highest BCUT2D eigenvalue weighted by Crippen LogP contribution is 2.27. The van der Waals surface area contributed by atoms with Crippen LogP contribution in [0.3, 0.4) is 0 Å². The van der Waals surface area contributed by atoms with Crippen LogP contribution in [0.1, 0.15) is 46.5 Å². The molecule has 2 fully saturated rings. The predicted molar refractivity (Wildman–Crippen MR) is 110 cm³/mol. The number of nitrogens with one attached hydrogen (secondary N) is 1. The van der Waals surface area contributed by atoms with E-state index in [4.69, 9.17) is 5.73 Å². The SMILES string of the molecule is CC1CCC(N2CCN(C(=O)CNC(=O)[C@@H](N)C(C)C)CC2)CC1.Cl.Cl. The maximum absolute atomic E-state index is 12.3. The molecule has 6 nitrogen and oxygen atoms in total. The van der Waals surface area contributed by atoms with Crippen molar-refractivity contribution in [3.8, 4) is 0 Å². The first-order chi connectivity index (χ1) is 11.4. The Bertz CT molecular complexity index is 435. The lowest BCUT2D eigenvalue weighted by Gasteiger charge is -2.41. The highest BCUT2D eigenvalue weighted by atomic mass is 35.5. The first kappa shape index (κ1) is 25.4. The largest absolute Gasteiger partial charge is 0.346 e. The molecule has 0 aromatic carbocycles. The molecule has 0 bridgehead atoms. The van der Waals surface area contributed by atoms with Gasteiger partial charge in [0.1, 0.15) is 0 Å². The van der Waals surface area contributed by atoms with Crippen LogP contribution in [0.25, 0.3) is 0 Å². The van der Waals surface area contributed by atoms with E-state index in [0.717, 1.165) is 32.1 Å². The number of nitrogens with two attached hydrogens (primary N) is 1. The minimum absolute atomic E-state index is 0. The number of hydrogen-bond acceptors (Lipinski definition) is 4. The fourth-order valence-electron chi connectivity index (χ4n) is 3.64. The number of carbonyl (C=O) groups excluding carboxylic acids is 2. The molecule has 2 rings (SSSR count). The topological polar surface area (TPSA) is 78.7 Å². The molecule has 1 aliphatic carbocycles. The predicted octanol–water partition coefficient (Wildman–Crippen LogP) is 1.65. The standard InChI is InChI=1S/C18H34N4O2.2ClH/c1-13(2)17(19)18(24)20-12-16(23)22-10-8-21(9-11-22)15-6-4-14(3)5-7-15;;/h13-15,17H,4-12,19H2,1-3H3,(H,20,24);2*1H/t14?,15?,17-;;/m0../s1. The summed E-state index contributed by atoms with van der Waals surface area (Å²) < 4.78 is 0. The Morgan fingerprint density at radius 1 is 1.04 bits per heavy atom. The van der Waals surface area contributed by atoms with Crippen LogP contribution in [-0.2, 0) is 9.59 Å². The second-order valence-corrected chi connectivity index (χ2v) is 7.82. The lowest BCUT2D eigenvalue weighted by molar-refractivity contribution is -0.135. The van der Waals surface area contributed by atoms with E-state index in [0.29, 0.717) is 6.04 Å². The number of carbonyl (C=O) groups is 2. The van der Waals surface area contributed by atoms with Crippen LogP contribution in [0.2, 0.25) is 0 Å². The number of rotatable bonds is 5. The molecule has 0 aromatic heterocycles. The van der Waals surface area contributed by atoms with E-state index >= 15 is 0 Å². The van der Waals surface area contributed by atoms with E-state index in [1.54, 1.807) is 0 Å². The zero-order chi connectivity index (χ0) is 17.7. The summed E-state index contributed by atoms with van der Waals surface area (Å²) in [5.74, 6) is 0.691. The van der Waals surface area contributed by atoms with Crippen molar-refractivity contribution in [3.63, 3.8) is 0 Å². The van der Waals surface area contributed by atoms with Crippen LogP contribution in [0.4, 0.5) is 0 Å². The minimum Gasteiger partial charge on any atom is -0.346 e. The van der Waals surface area contributed by atoms with Gasteiger partial charge in [-0.05, 0) is 37.5 Å². The van der Waals surface area contributed by atoms with E-state index in [1.807, 2.05) is 18.7 Å². The fraction of sp³-hybridized carbons (Fsp3) is 0.889. The van der Waals surface area contributed by atoms with Crippen molar-refractivity contribution in [1.29, 1.82) is 0 Å². The Labute approximate surface area is 170 Å². The molecule has 0 unspecified atom stereocenters. The van der Waals surface area contributed by atoms with Gasteiger partial charge in [-0.1, -0.05) is 20.8 Å². The first-order valence-electron chi connectivity index (χ1n) is 9.43. The van der Waals surface area contributed by atoms with Crippen molar-refractivity contribution < 1.29 is 9.59 Å². The molecule has 0 aromatic rings. The second kappa shape index (κ2) is 12.0.